The summed E-state index contributed by atoms with van der Waals surface area (Å²) >= 11 is 1.43. The first kappa shape index (κ1) is 21.8. The second-order valence-corrected chi connectivity index (χ2v) is 10.9. The van der Waals surface area contributed by atoms with E-state index >= 15 is 0 Å². The van der Waals surface area contributed by atoms with Crippen molar-refractivity contribution in [3.8, 4) is 0 Å². The van der Waals surface area contributed by atoms with Gasteiger partial charge in [0.25, 0.3) is 0 Å². The molecule has 1 aliphatic carbocycles. The third-order valence-electron chi connectivity index (χ3n) is 4.65. The lowest BCUT2D eigenvalue weighted by molar-refractivity contribution is -0.165. The fourth-order valence-electron chi connectivity index (χ4n) is 3.03. The number of benzene rings is 1. The number of nitrogens with zero attached hydrogens (tertiary/aromatic N) is 1. The summed E-state index contributed by atoms with van der Waals surface area (Å²) in [5.74, 6) is -0.842. The predicted molar refractivity (Wildman–Crippen MR) is 107 cm³/mol. The molecule has 0 radical (unpaired) electrons. The van der Waals surface area contributed by atoms with Gasteiger partial charge in [-0.1, -0.05) is 11.9 Å². The van der Waals surface area contributed by atoms with Crippen molar-refractivity contribution in [2.75, 3.05) is 0 Å². The van der Waals surface area contributed by atoms with Gasteiger partial charge in [-0.3, -0.25) is 9.52 Å². The fraction of sp³-hybridized carbons (Fsp3) is 0.650. The van der Waals surface area contributed by atoms with E-state index in [2.05, 4.69) is 9.90 Å². The molecule has 1 atom stereocenters. The summed E-state index contributed by atoms with van der Waals surface area (Å²) < 4.78 is 23.7. The maximum absolute atomic E-state index is 14.8. The first-order valence-corrected chi connectivity index (χ1v) is 9.88. The molecule has 7 heteroatoms. The van der Waals surface area contributed by atoms with Crippen LogP contribution in [0.1, 0.15) is 66.9 Å². The van der Waals surface area contributed by atoms with Crippen molar-refractivity contribution < 1.29 is 13.9 Å². The number of carbonyl (C=O) groups excluding carboxylic acids is 1. The Balaban J connectivity index is 2.54. The van der Waals surface area contributed by atoms with Gasteiger partial charge in [0.1, 0.15) is 17.1 Å². The Labute approximate surface area is 164 Å². The topological polar surface area (TPSA) is 67.8 Å². The van der Waals surface area contributed by atoms with Gasteiger partial charge in [0, 0.05) is 10.3 Å². The number of nitrogens with one attached hydrogen (secondary N) is 1. The summed E-state index contributed by atoms with van der Waals surface area (Å²) in [4.78, 5) is 24.1. The highest BCUT2D eigenvalue weighted by Gasteiger charge is 2.65. The standard InChI is InChI=1S/C20H29FN2O3S/c1-17(2,3)26-16(24)20(10-11-20)19(7,23-27-18(4,5)6)14-12-13(22-25)8-9-15(14)21/h8-9,12,23H,10-11H2,1-7H3/t19-/m1/s1. The van der Waals surface area contributed by atoms with E-state index in [1.807, 2.05) is 41.5 Å². The lowest BCUT2D eigenvalue weighted by Gasteiger charge is -2.40. The molecule has 1 saturated carbocycles. The van der Waals surface area contributed by atoms with Crippen molar-refractivity contribution in [1.82, 2.24) is 4.72 Å². The monoisotopic (exact) mass is 396 g/mol. The average Bonchev–Trinajstić information content (AvgIpc) is 3.33. The number of nitroso groups, excluding NO2 is 1. The van der Waals surface area contributed by atoms with Gasteiger partial charge in [-0.15, -0.1) is 4.91 Å². The molecule has 0 heterocycles. The van der Waals surface area contributed by atoms with Crippen molar-refractivity contribution >= 4 is 23.6 Å². The van der Waals surface area contributed by atoms with Gasteiger partial charge in [0.2, 0.25) is 0 Å². The van der Waals surface area contributed by atoms with Gasteiger partial charge in [0.15, 0.2) is 0 Å². The summed E-state index contributed by atoms with van der Waals surface area (Å²) in [6, 6.07) is 3.97. The highest BCUT2D eigenvalue weighted by atomic mass is 32.2. The Morgan fingerprint density at radius 3 is 2.22 bits per heavy atom. The van der Waals surface area contributed by atoms with E-state index in [0.717, 1.165) is 0 Å². The van der Waals surface area contributed by atoms with E-state index in [9.17, 15) is 14.1 Å². The maximum Gasteiger partial charge on any atom is 0.314 e. The zero-order valence-electron chi connectivity index (χ0n) is 17.1. The number of ether oxygens (including phenoxy) is 1. The van der Waals surface area contributed by atoms with Gasteiger partial charge < -0.3 is 4.74 Å². The molecule has 0 bridgehead atoms. The average molecular weight is 397 g/mol. The van der Waals surface area contributed by atoms with Crippen molar-refractivity contribution in [2.24, 2.45) is 10.6 Å². The Bertz CT molecular complexity index is 736. The van der Waals surface area contributed by atoms with E-state index in [1.54, 1.807) is 6.92 Å². The van der Waals surface area contributed by atoms with E-state index < -0.39 is 22.4 Å². The van der Waals surface area contributed by atoms with Crippen LogP contribution in [0.4, 0.5) is 10.1 Å². The van der Waals surface area contributed by atoms with E-state index in [1.165, 1.54) is 30.1 Å². The van der Waals surface area contributed by atoms with Crippen LogP contribution in [0.5, 0.6) is 0 Å². The highest BCUT2D eigenvalue weighted by molar-refractivity contribution is 7.98. The lowest BCUT2D eigenvalue weighted by atomic mass is 9.77. The minimum Gasteiger partial charge on any atom is -0.459 e. The minimum atomic E-state index is -1.06. The molecular weight excluding hydrogens is 367 g/mol. The molecule has 1 fully saturated rings. The number of rotatable bonds is 6. The summed E-state index contributed by atoms with van der Waals surface area (Å²) in [5.41, 5.74) is -2.23. The summed E-state index contributed by atoms with van der Waals surface area (Å²) in [7, 11) is 0. The maximum atomic E-state index is 14.8. The van der Waals surface area contributed by atoms with Gasteiger partial charge in [-0.25, -0.2) is 4.39 Å². The highest BCUT2D eigenvalue weighted by Crippen LogP contribution is 2.61. The van der Waals surface area contributed by atoms with Crippen molar-refractivity contribution in [1.29, 1.82) is 0 Å². The molecule has 0 aliphatic heterocycles. The molecule has 5 nitrogen and oxygen atoms in total. The molecule has 27 heavy (non-hydrogen) atoms. The van der Waals surface area contributed by atoms with Crippen LogP contribution in [0.2, 0.25) is 0 Å². The SMILES string of the molecule is CC(C)(C)OC(=O)C1([C@](C)(NSC(C)(C)C)c2cc(N=O)ccc2F)CC1. The molecule has 1 N–H and O–H groups in total. The number of hydrogen-bond donors (Lipinski definition) is 1. The fourth-order valence-corrected chi connectivity index (χ4v) is 3.84. The third-order valence-corrected chi connectivity index (χ3v) is 5.77. The third kappa shape index (κ3) is 4.69. The minimum absolute atomic E-state index is 0.125. The predicted octanol–water partition coefficient (Wildman–Crippen LogP) is 5.60. The lowest BCUT2D eigenvalue weighted by Crippen LogP contribution is -2.51. The normalized spacial score (nSPS) is 18.5. The first-order valence-electron chi connectivity index (χ1n) is 9.06. The number of esters is 1. The van der Waals surface area contributed by atoms with Crippen LogP contribution in [-0.4, -0.2) is 16.3 Å². The van der Waals surface area contributed by atoms with E-state index in [4.69, 9.17) is 4.74 Å². The van der Waals surface area contributed by atoms with Crippen LogP contribution in [0, 0.1) is 16.1 Å². The molecular formula is C20H29FN2O3S. The number of hydrogen-bond acceptors (Lipinski definition) is 6. The molecule has 0 aromatic heterocycles. The van der Waals surface area contributed by atoms with Crippen LogP contribution < -0.4 is 4.72 Å². The van der Waals surface area contributed by atoms with Gasteiger partial charge in [-0.2, -0.15) is 0 Å². The molecule has 1 aromatic carbocycles. The molecule has 0 spiro atoms. The number of halogens is 1. The summed E-state index contributed by atoms with van der Waals surface area (Å²) in [5, 5.41) is 2.93. The van der Waals surface area contributed by atoms with Crippen molar-refractivity contribution in [3.63, 3.8) is 0 Å². The van der Waals surface area contributed by atoms with Crippen molar-refractivity contribution in [2.45, 2.75) is 77.2 Å². The Morgan fingerprint density at radius 1 is 1.19 bits per heavy atom. The van der Waals surface area contributed by atoms with Gasteiger partial charge in [0.05, 0.1) is 11.0 Å². The van der Waals surface area contributed by atoms with Gasteiger partial charge >= 0.3 is 5.97 Å². The summed E-state index contributed by atoms with van der Waals surface area (Å²) in [6.45, 7) is 13.3. The molecule has 150 valence electrons. The molecule has 1 aromatic rings. The zero-order valence-corrected chi connectivity index (χ0v) is 17.9. The quantitative estimate of drug-likeness (QED) is 0.385. The molecule has 0 amide bonds. The smallest absolute Gasteiger partial charge is 0.314 e. The Morgan fingerprint density at radius 2 is 1.78 bits per heavy atom. The van der Waals surface area contributed by atoms with Crippen LogP contribution >= 0.6 is 11.9 Å². The second kappa shape index (κ2) is 7.17. The molecule has 0 saturated heterocycles. The van der Waals surface area contributed by atoms with Gasteiger partial charge in [-0.05, 0) is 84.7 Å². The molecule has 0 unspecified atom stereocenters. The first-order chi connectivity index (χ1) is 12.2. The summed E-state index contributed by atoms with van der Waals surface area (Å²) in [6.07, 6.45) is 1.16. The van der Waals surface area contributed by atoms with E-state index in [0.29, 0.717) is 12.8 Å². The number of carbonyl (C=O) groups is 1. The van der Waals surface area contributed by atoms with Crippen LogP contribution in [0.15, 0.2) is 23.4 Å². The van der Waals surface area contributed by atoms with Crippen LogP contribution in [0.3, 0.4) is 0 Å². The molecule has 1 aliphatic rings. The zero-order chi connectivity index (χ0) is 20.7. The molecule has 2 rings (SSSR count). The Kier molecular flexibility index (Phi) is 5.79. The van der Waals surface area contributed by atoms with E-state index in [-0.39, 0.29) is 22.0 Å². The largest absolute Gasteiger partial charge is 0.459 e. The Hall–Kier alpha value is -1.47. The second-order valence-electron chi connectivity index (χ2n) is 9.28. The van der Waals surface area contributed by atoms with Crippen LogP contribution in [0.25, 0.3) is 0 Å². The van der Waals surface area contributed by atoms with Crippen LogP contribution in [-0.2, 0) is 15.1 Å². The van der Waals surface area contributed by atoms with Crippen molar-refractivity contribution in [3.05, 3.63) is 34.5 Å².